The predicted molar refractivity (Wildman–Crippen MR) is 147 cm³/mol. The van der Waals surface area contributed by atoms with Crippen LogP contribution in [0.3, 0.4) is 0 Å². The summed E-state index contributed by atoms with van der Waals surface area (Å²) >= 11 is 0. The molecule has 1 aromatic heterocycles. The van der Waals surface area contributed by atoms with Gasteiger partial charge in [-0.15, -0.1) is 15.3 Å². The lowest BCUT2D eigenvalue weighted by Crippen LogP contribution is -2.12. The minimum absolute atomic E-state index is 0.0446. The monoisotopic (exact) mass is 538 g/mol. The molecule has 0 radical (unpaired) electrons. The van der Waals surface area contributed by atoms with E-state index in [0.29, 0.717) is 28.8 Å². The van der Waals surface area contributed by atoms with Crippen molar-refractivity contribution < 1.29 is 17.8 Å². The minimum Gasteiger partial charge on any atom is -0.305 e. The number of nitrogens with zero attached hydrogens (tertiary/aromatic N) is 5. The Hall–Kier alpha value is -4.87. The minimum atomic E-state index is -4.56. The normalized spacial score (nSPS) is 15.5. The first-order valence-corrected chi connectivity index (χ1v) is 13.3. The van der Waals surface area contributed by atoms with Gasteiger partial charge in [0.1, 0.15) is 22.0 Å². The van der Waals surface area contributed by atoms with Crippen LogP contribution in [0.4, 0.5) is 17.1 Å². The molecule has 1 unspecified atom stereocenters. The summed E-state index contributed by atoms with van der Waals surface area (Å²) in [5.74, 6) is 5.20. The van der Waals surface area contributed by atoms with Gasteiger partial charge in [0.25, 0.3) is 10.1 Å². The van der Waals surface area contributed by atoms with Crippen LogP contribution in [0, 0.1) is 5.92 Å². The Kier molecular flexibility index (Phi) is 7.17. The Bertz CT molecular complexity index is 1780. The summed E-state index contributed by atoms with van der Waals surface area (Å²) in [5, 5.41) is 16.2. The van der Waals surface area contributed by atoms with Gasteiger partial charge in [0.15, 0.2) is 5.78 Å². The number of carbonyl (C=O) groups excluding carboxylic acids is 1. The van der Waals surface area contributed by atoms with Crippen molar-refractivity contribution in [2.24, 2.45) is 32.3 Å². The summed E-state index contributed by atoms with van der Waals surface area (Å²) in [4.78, 5) is 16.8. The molecule has 3 aromatic carbocycles. The van der Waals surface area contributed by atoms with Gasteiger partial charge in [-0.05, 0) is 24.6 Å². The number of hydrogen-bond acceptors (Lipinski definition) is 8. The van der Waals surface area contributed by atoms with Gasteiger partial charge in [-0.1, -0.05) is 78.1 Å². The second-order valence-corrected chi connectivity index (χ2v) is 10.1. The Morgan fingerprint density at radius 3 is 2.36 bits per heavy atom. The topological polar surface area (TPSA) is 160 Å². The molecule has 1 atom stereocenters. The van der Waals surface area contributed by atoms with Crippen LogP contribution in [0.1, 0.15) is 16.8 Å². The van der Waals surface area contributed by atoms with Crippen molar-refractivity contribution in [3.63, 3.8) is 0 Å². The number of ketones is 1. The average Bonchev–Trinajstić information content (AvgIpc) is 2.96. The molecule has 3 N–H and O–H groups in total. The number of nitrogens with two attached hydrogens (primary N) is 1. The highest BCUT2D eigenvalue weighted by molar-refractivity contribution is 7.86. The number of pyridine rings is 1. The quantitative estimate of drug-likeness (QED) is 0.0861. The maximum Gasteiger partial charge on any atom is 0.295 e. The molecule has 1 aliphatic carbocycles. The maximum absolute atomic E-state index is 12.7. The Balaban J connectivity index is 1.41. The van der Waals surface area contributed by atoms with Gasteiger partial charge >= 0.3 is 0 Å². The smallest absolute Gasteiger partial charge is 0.295 e. The van der Waals surface area contributed by atoms with Gasteiger partial charge in [0.05, 0.1) is 11.9 Å². The number of azo groups is 1. The average molecular weight is 539 g/mol. The number of fused-ring (bicyclic) bond motifs is 1. The van der Waals surface area contributed by atoms with Crippen LogP contribution in [0.15, 0.2) is 123 Å². The molecule has 194 valence electrons. The number of hydrogen-bond donors (Lipinski definition) is 2. The van der Waals surface area contributed by atoms with E-state index in [2.05, 4.69) is 25.5 Å². The number of Topliss-reactive ketones (excluding diaryl/α,β-unsaturated/α-hetero) is 1. The molecule has 1 aliphatic rings. The van der Waals surface area contributed by atoms with Gasteiger partial charge in [-0.25, -0.2) is 0 Å². The molecular weight excluding hydrogens is 516 g/mol. The highest BCUT2D eigenvalue weighted by atomic mass is 32.2. The van der Waals surface area contributed by atoms with Gasteiger partial charge in [-0.3, -0.25) is 14.3 Å². The van der Waals surface area contributed by atoms with Gasteiger partial charge in [-0.2, -0.15) is 8.42 Å². The molecule has 4 aromatic rings. The van der Waals surface area contributed by atoms with E-state index in [0.717, 1.165) is 11.6 Å². The number of benzene rings is 3. The first-order chi connectivity index (χ1) is 18.8. The third-order valence-corrected chi connectivity index (χ3v) is 7.09. The van der Waals surface area contributed by atoms with Crippen molar-refractivity contribution in [1.29, 1.82) is 0 Å². The van der Waals surface area contributed by atoms with E-state index in [-0.39, 0.29) is 33.4 Å². The largest absolute Gasteiger partial charge is 0.305 e. The molecule has 0 saturated carbocycles. The van der Waals surface area contributed by atoms with E-state index >= 15 is 0 Å². The van der Waals surface area contributed by atoms with Gasteiger partial charge in [0.2, 0.25) is 0 Å². The lowest BCUT2D eigenvalue weighted by molar-refractivity contribution is 0.0945. The summed E-state index contributed by atoms with van der Waals surface area (Å²) in [6.45, 7) is 0. The fourth-order valence-electron chi connectivity index (χ4n) is 4.29. The first-order valence-electron chi connectivity index (χ1n) is 11.8. The number of carbonyl (C=O) groups is 1. The van der Waals surface area contributed by atoms with E-state index in [1.807, 2.05) is 36.4 Å². The van der Waals surface area contributed by atoms with Crippen molar-refractivity contribution in [2.75, 3.05) is 0 Å². The molecule has 39 heavy (non-hydrogen) atoms. The highest BCUT2D eigenvalue weighted by Gasteiger charge is 2.20. The Morgan fingerprint density at radius 1 is 0.949 bits per heavy atom. The molecule has 11 heteroatoms. The summed E-state index contributed by atoms with van der Waals surface area (Å²) in [7, 11) is -4.56. The van der Waals surface area contributed by atoms with Crippen LogP contribution in [0.5, 0.6) is 0 Å². The highest BCUT2D eigenvalue weighted by Crippen LogP contribution is 2.40. The molecule has 1 heterocycles. The van der Waals surface area contributed by atoms with E-state index in [4.69, 9.17) is 5.84 Å². The number of rotatable bonds is 7. The van der Waals surface area contributed by atoms with Crippen molar-refractivity contribution in [2.45, 2.75) is 11.3 Å². The van der Waals surface area contributed by atoms with Crippen molar-refractivity contribution in [1.82, 2.24) is 4.98 Å². The fraction of sp³-hybridized carbons (Fsp3) is 0.0714. The summed E-state index contributed by atoms with van der Waals surface area (Å²) < 4.78 is 33.8. The van der Waals surface area contributed by atoms with Crippen LogP contribution in [0.25, 0.3) is 22.0 Å². The van der Waals surface area contributed by atoms with Crippen LogP contribution in [-0.2, 0) is 10.1 Å². The second kappa shape index (κ2) is 10.9. The molecule has 5 rings (SSSR count). The van der Waals surface area contributed by atoms with Crippen molar-refractivity contribution in [3.8, 4) is 11.3 Å². The molecule has 0 aliphatic heterocycles. The second-order valence-electron chi connectivity index (χ2n) is 8.68. The van der Waals surface area contributed by atoms with E-state index in [1.54, 1.807) is 42.5 Å². The van der Waals surface area contributed by atoms with Crippen molar-refractivity contribution >= 4 is 43.7 Å². The van der Waals surface area contributed by atoms with E-state index in [9.17, 15) is 17.8 Å². The predicted octanol–water partition coefficient (Wildman–Crippen LogP) is 6.84. The van der Waals surface area contributed by atoms with Crippen LogP contribution in [-0.4, -0.2) is 23.7 Å². The molecule has 0 bridgehead atoms. The molecular formula is C28H22N6O4S. The SMILES string of the molecule is NN=Nc1c(N=Nc2ccc(-c3ccc(C(=O)C4C=CC=CC4)cc3)nc2)cc(S(=O)(=O)O)c2ccccc12. The van der Waals surface area contributed by atoms with Crippen molar-refractivity contribution in [3.05, 3.63) is 103 Å². The summed E-state index contributed by atoms with van der Waals surface area (Å²) in [5.41, 5.74) is 2.77. The van der Waals surface area contributed by atoms with Gasteiger partial charge in [0, 0.05) is 27.8 Å². The zero-order chi connectivity index (χ0) is 27.4. The zero-order valence-electron chi connectivity index (χ0n) is 20.4. The molecule has 0 saturated heterocycles. The lowest BCUT2D eigenvalue weighted by atomic mass is 9.91. The third-order valence-electron chi connectivity index (χ3n) is 6.20. The molecule has 0 spiro atoms. The van der Waals surface area contributed by atoms with Crippen LogP contribution >= 0.6 is 0 Å². The summed E-state index contributed by atoms with van der Waals surface area (Å²) in [6, 6.07) is 18.3. The lowest BCUT2D eigenvalue weighted by Gasteiger charge is -2.12. The molecule has 0 fully saturated rings. The number of aromatic nitrogens is 1. The van der Waals surface area contributed by atoms with Crippen LogP contribution < -0.4 is 5.84 Å². The molecule has 0 amide bonds. The van der Waals surface area contributed by atoms with Gasteiger partial charge < -0.3 is 5.84 Å². The fourth-order valence-corrected chi connectivity index (χ4v) is 5.00. The Morgan fingerprint density at radius 2 is 1.72 bits per heavy atom. The third kappa shape index (κ3) is 5.54. The maximum atomic E-state index is 12.7. The molecule has 10 nitrogen and oxygen atoms in total. The Labute approximate surface area is 224 Å². The first kappa shape index (κ1) is 25.8. The number of allylic oxidation sites excluding steroid dienone is 4. The van der Waals surface area contributed by atoms with Crippen LogP contribution in [0.2, 0.25) is 0 Å². The van der Waals surface area contributed by atoms with E-state index in [1.165, 1.54) is 12.3 Å². The van der Waals surface area contributed by atoms with E-state index < -0.39 is 10.1 Å². The summed E-state index contributed by atoms with van der Waals surface area (Å²) in [6.07, 6.45) is 9.92. The standard InChI is InChI=1S/C28H22N6O4S/c29-34-33-27-23-9-5-4-8-22(23)26(39(36,37)38)16-25(27)32-31-21-14-15-24(30-17-21)18-10-12-20(13-11-18)28(35)19-6-2-1-3-7-19/h1-6,8-17,19H,7H2,(H2,29,33)(H,36,37,38). The zero-order valence-corrected chi connectivity index (χ0v) is 21.2.